The van der Waals surface area contributed by atoms with Gasteiger partial charge in [-0.3, -0.25) is 14.4 Å². The van der Waals surface area contributed by atoms with E-state index < -0.39 is 0 Å². The van der Waals surface area contributed by atoms with Crippen molar-refractivity contribution in [1.82, 2.24) is 0 Å². The summed E-state index contributed by atoms with van der Waals surface area (Å²) >= 11 is 0. The van der Waals surface area contributed by atoms with Gasteiger partial charge in [0.2, 0.25) is 0 Å². The molecule has 4 saturated carbocycles. The van der Waals surface area contributed by atoms with Crippen molar-refractivity contribution in [2.24, 2.45) is 34.5 Å². The topological polar surface area (TPSA) is 78.9 Å². The standard InChI is InChI=1S/C25H38O6/c1-14(26)29-17-6-11-25(5)19-7-9-24(4)10-8-21(30-15(2)27)23(24)18(19)13-22(20(25)12-17)31-16(3)28/h17-23H,6-13H2,1-5H3. The Morgan fingerprint density at radius 1 is 0.710 bits per heavy atom. The summed E-state index contributed by atoms with van der Waals surface area (Å²) in [7, 11) is 0. The molecular formula is C25H38O6. The van der Waals surface area contributed by atoms with Crippen LogP contribution in [0.3, 0.4) is 0 Å². The number of carbonyl (C=O) groups excluding carboxylic acids is 3. The normalized spacial score (nSPS) is 46.2. The summed E-state index contributed by atoms with van der Waals surface area (Å²) in [5, 5.41) is 0. The van der Waals surface area contributed by atoms with E-state index >= 15 is 0 Å². The molecule has 0 saturated heterocycles. The van der Waals surface area contributed by atoms with Crippen LogP contribution in [0.1, 0.15) is 86.0 Å². The minimum absolute atomic E-state index is 0.0321. The van der Waals surface area contributed by atoms with Crippen LogP contribution in [-0.2, 0) is 28.6 Å². The third kappa shape index (κ3) is 4.00. The molecule has 0 aromatic carbocycles. The number of hydrogen-bond donors (Lipinski definition) is 0. The molecule has 9 atom stereocenters. The largest absolute Gasteiger partial charge is 0.463 e. The van der Waals surface area contributed by atoms with Gasteiger partial charge in [-0.25, -0.2) is 0 Å². The number of rotatable bonds is 3. The van der Waals surface area contributed by atoms with Crippen molar-refractivity contribution in [1.29, 1.82) is 0 Å². The summed E-state index contributed by atoms with van der Waals surface area (Å²) in [5.41, 5.74) is 0.213. The lowest BCUT2D eigenvalue weighted by molar-refractivity contribution is -0.201. The molecule has 9 unspecified atom stereocenters. The van der Waals surface area contributed by atoms with Crippen LogP contribution in [0.4, 0.5) is 0 Å². The van der Waals surface area contributed by atoms with Gasteiger partial charge in [0.25, 0.3) is 0 Å². The molecule has 4 fully saturated rings. The Hall–Kier alpha value is -1.59. The van der Waals surface area contributed by atoms with Gasteiger partial charge in [-0.1, -0.05) is 13.8 Å². The number of fused-ring (bicyclic) bond motifs is 5. The second-order valence-corrected chi connectivity index (χ2v) is 11.2. The number of ether oxygens (including phenoxy) is 3. The second-order valence-electron chi connectivity index (χ2n) is 11.2. The van der Waals surface area contributed by atoms with E-state index in [9.17, 15) is 14.4 Å². The molecule has 174 valence electrons. The first-order valence-corrected chi connectivity index (χ1v) is 12.0. The molecule has 0 aromatic rings. The molecule has 0 radical (unpaired) electrons. The molecule has 0 aromatic heterocycles. The van der Waals surface area contributed by atoms with Crippen LogP contribution < -0.4 is 0 Å². The zero-order valence-corrected chi connectivity index (χ0v) is 19.6. The van der Waals surface area contributed by atoms with E-state index in [0.717, 1.165) is 44.9 Å². The summed E-state index contributed by atoms with van der Waals surface area (Å²) in [6, 6.07) is 0. The van der Waals surface area contributed by atoms with Crippen LogP contribution in [0.25, 0.3) is 0 Å². The zero-order chi connectivity index (χ0) is 22.6. The third-order valence-electron chi connectivity index (χ3n) is 9.35. The van der Waals surface area contributed by atoms with Crippen molar-refractivity contribution >= 4 is 17.9 Å². The Morgan fingerprint density at radius 3 is 1.97 bits per heavy atom. The summed E-state index contributed by atoms with van der Waals surface area (Å²) in [6.45, 7) is 9.19. The van der Waals surface area contributed by atoms with E-state index in [1.54, 1.807) is 0 Å². The van der Waals surface area contributed by atoms with Crippen LogP contribution in [0.2, 0.25) is 0 Å². The third-order valence-corrected chi connectivity index (χ3v) is 9.35. The van der Waals surface area contributed by atoms with Gasteiger partial charge < -0.3 is 14.2 Å². The van der Waals surface area contributed by atoms with E-state index in [1.807, 2.05) is 0 Å². The molecular weight excluding hydrogens is 396 g/mol. The highest BCUT2D eigenvalue weighted by Gasteiger charge is 2.63. The lowest BCUT2D eigenvalue weighted by Gasteiger charge is -2.62. The predicted molar refractivity (Wildman–Crippen MR) is 114 cm³/mol. The van der Waals surface area contributed by atoms with Gasteiger partial charge in [-0.15, -0.1) is 0 Å². The number of hydrogen-bond acceptors (Lipinski definition) is 6. The highest BCUT2D eigenvalue weighted by Crippen LogP contribution is 2.67. The summed E-state index contributed by atoms with van der Waals surface area (Å²) in [5.74, 6) is 0.704. The molecule has 6 nitrogen and oxygen atoms in total. The smallest absolute Gasteiger partial charge is 0.302 e. The van der Waals surface area contributed by atoms with E-state index in [-0.39, 0.29) is 53.0 Å². The molecule has 4 aliphatic carbocycles. The van der Waals surface area contributed by atoms with E-state index in [0.29, 0.717) is 17.8 Å². The molecule has 4 aliphatic rings. The molecule has 6 heteroatoms. The van der Waals surface area contributed by atoms with Crippen molar-refractivity contribution in [2.45, 2.75) is 104 Å². The average Bonchev–Trinajstić information content (AvgIpc) is 2.98. The highest BCUT2D eigenvalue weighted by atomic mass is 16.6. The van der Waals surface area contributed by atoms with Gasteiger partial charge in [-0.2, -0.15) is 0 Å². The molecule has 0 heterocycles. The lowest BCUT2D eigenvalue weighted by atomic mass is 9.44. The van der Waals surface area contributed by atoms with Gasteiger partial charge in [-0.05, 0) is 74.0 Å². The van der Waals surface area contributed by atoms with Gasteiger partial charge in [0.15, 0.2) is 0 Å². The first-order chi connectivity index (χ1) is 14.5. The van der Waals surface area contributed by atoms with Crippen LogP contribution >= 0.6 is 0 Å². The molecule has 0 spiro atoms. The summed E-state index contributed by atoms with van der Waals surface area (Å²) in [4.78, 5) is 35.4. The van der Waals surface area contributed by atoms with Crippen molar-refractivity contribution in [3.8, 4) is 0 Å². The van der Waals surface area contributed by atoms with Gasteiger partial charge >= 0.3 is 17.9 Å². The fourth-order valence-corrected chi connectivity index (χ4v) is 8.26. The minimum atomic E-state index is -0.248. The molecule has 0 aliphatic heterocycles. The van der Waals surface area contributed by atoms with Gasteiger partial charge in [0.1, 0.15) is 18.3 Å². The maximum Gasteiger partial charge on any atom is 0.302 e. The summed E-state index contributed by atoms with van der Waals surface area (Å²) < 4.78 is 17.4. The Morgan fingerprint density at radius 2 is 1.32 bits per heavy atom. The molecule has 0 amide bonds. The quantitative estimate of drug-likeness (QED) is 0.483. The predicted octanol–water partition coefficient (Wildman–Crippen LogP) is 4.43. The Bertz CT molecular complexity index is 748. The number of carbonyl (C=O) groups is 3. The Kier molecular flexibility index (Phi) is 5.89. The first-order valence-electron chi connectivity index (χ1n) is 12.0. The molecule has 4 rings (SSSR count). The molecule has 0 bridgehead atoms. The second kappa shape index (κ2) is 8.08. The maximum absolute atomic E-state index is 12.0. The van der Waals surface area contributed by atoms with Crippen LogP contribution in [-0.4, -0.2) is 36.2 Å². The maximum atomic E-state index is 12.0. The molecule has 0 N–H and O–H groups in total. The van der Waals surface area contributed by atoms with Gasteiger partial charge in [0.05, 0.1) is 0 Å². The fraction of sp³-hybridized carbons (Fsp3) is 0.880. The average molecular weight is 435 g/mol. The lowest BCUT2D eigenvalue weighted by Crippen LogP contribution is -2.59. The van der Waals surface area contributed by atoms with Crippen molar-refractivity contribution in [3.05, 3.63) is 0 Å². The number of esters is 3. The van der Waals surface area contributed by atoms with Crippen molar-refractivity contribution < 1.29 is 28.6 Å². The van der Waals surface area contributed by atoms with E-state index in [1.165, 1.54) is 27.2 Å². The van der Waals surface area contributed by atoms with E-state index in [4.69, 9.17) is 14.2 Å². The zero-order valence-electron chi connectivity index (χ0n) is 19.6. The van der Waals surface area contributed by atoms with Crippen molar-refractivity contribution in [2.75, 3.05) is 0 Å². The fourth-order valence-electron chi connectivity index (χ4n) is 8.26. The van der Waals surface area contributed by atoms with Crippen LogP contribution in [0, 0.1) is 34.5 Å². The Balaban J connectivity index is 1.66. The SMILES string of the molecule is CC(=O)OC1CCC2(C)C(C1)C(OC(C)=O)CC1C3C(OC(C)=O)CCC3(C)CCC12. The molecule has 31 heavy (non-hydrogen) atoms. The van der Waals surface area contributed by atoms with Gasteiger partial charge in [0, 0.05) is 32.6 Å². The van der Waals surface area contributed by atoms with Crippen molar-refractivity contribution in [3.63, 3.8) is 0 Å². The highest BCUT2D eigenvalue weighted by molar-refractivity contribution is 5.67. The Labute approximate surface area is 185 Å². The van der Waals surface area contributed by atoms with Crippen LogP contribution in [0.5, 0.6) is 0 Å². The van der Waals surface area contributed by atoms with E-state index in [2.05, 4.69) is 13.8 Å². The monoisotopic (exact) mass is 434 g/mol. The first kappa shape index (κ1) is 22.6. The minimum Gasteiger partial charge on any atom is -0.463 e. The summed E-state index contributed by atoms with van der Waals surface area (Å²) in [6.07, 6.45) is 7.43. The van der Waals surface area contributed by atoms with Crippen LogP contribution in [0.15, 0.2) is 0 Å².